The molecule has 3 amide bonds. The summed E-state index contributed by atoms with van der Waals surface area (Å²) in [5, 5.41) is 3.54. The zero-order valence-electron chi connectivity index (χ0n) is 14.5. The Morgan fingerprint density at radius 3 is 2.04 bits per heavy atom. The summed E-state index contributed by atoms with van der Waals surface area (Å²) >= 11 is 22.3. The number of anilines is 1. The standard InChI is InChI=1S/C9H10Cl2N2O.C8H11Cl2NO/c1-13(2)9(14)12-6-3-4-7(10)8(11)5-6;1-3-5-11(6-4-2)8(12)7(9)10/h3-5H,1-2H3,(H,12,14);3-4,7H,1-2,5-6H2. The number of benzene rings is 1. The third-order valence-electron chi connectivity index (χ3n) is 2.77. The number of rotatable bonds is 6. The van der Waals surface area contributed by atoms with Crippen molar-refractivity contribution < 1.29 is 9.59 Å². The van der Waals surface area contributed by atoms with Crippen molar-refractivity contribution in [3.05, 3.63) is 53.6 Å². The van der Waals surface area contributed by atoms with Gasteiger partial charge in [0, 0.05) is 32.9 Å². The second kappa shape index (κ2) is 12.9. The van der Waals surface area contributed by atoms with Crippen LogP contribution in [0.25, 0.3) is 0 Å². The Hall–Kier alpha value is -1.40. The number of alkyl halides is 2. The average molecular weight is 441 g/mol. The van der Waals surface area contributed by atoms with Crippen LogP contribution in [0.3, 0.4) is 0 Å². The molecule has 0 aliphatic heterocycles. The maximum absolute atomic E-state index is 11.2. The molecule has 144 valence electrons. The Bertz CT molecular complexity index is 626. The summed E-state index contributed by atoms with van der Waals surface area (Å²) in [6.07, 6.45) is 3.22. The largest absolute Gasteiger partial charge is 0.333 e. The van der Waals surface area contributed by atoms with Crippen molar-refractivity contribution in [2.24, 2.45) is 0 Å². The van der Waals surface area contributed by atoms with E-state index in [1.54, 1.807) is 44.4 Å². The van der Waals surface area contributed by atoms with Crippen molar-refractivity contribution in [3.8, 4) is 0 Å². The maximum Gasteiger partial charge on any atom is 0.321 e. The molecule has 0 atom stereocenters. The molecule has 1 aromatic rings. The Morgan fingerprint density at radius 2 is 1.65 bits per heavy atom. The van der Waals surface area contributed by atoms with E-state index < -0.39 is 4.84 Å². The van der Waals surface area contributed by atoms with E-state index in [2.05, 4.69) is 18.5 Å². The minimum atomic E-state index is -1.01. The topological polar surface area (TPSA) is 52.7 Å². The molecule has 0 aromatic heterocycles. The van der Waals surface area contributed by atoms with Gasteiger partial charge >= 0.3 is 6.03 Å². The number of nitrogens with one attached hydrogen (secondary N) is 1. The molecule has 0 fully saturated rings. The van der Waals surface area contributed by atoms with Gasteiger partial charge in [-0.2, -0.15) is 0 Å². The van der Waals surface area contributed by atoms with E-state index in [1.807, 2.05) is 0 Å². The first kappa shape index (κ1) is 24.6. The lowest BCUT2D eigenvalue weighted by Gasteiger charge is -2.19. The van der Waals surface area contributed by atoms with E-state index in [4.69, 9.17) is 46.4 Å². The second-order valence-corrected chi connectivity index (χ2v) is 6.99. The number of carbonyl (C=O) groups is 2. The normalized spacial score (nSPS) is 9.65. The number of urea groups is 1. The van der Waals surface area contributed by atoms with E-state index >= 15 is 0 Å². The van der Waals surface area contributed by atoms with E-state index in [9.17, 15) is 9.59 Å². The summed E-state index contributed by atoms with van der Waals surface area (Å²) in [6, 6.07) is 4.72. The summed E-state index contributed by atoms with van der Waals surface area (Å²) in [4.78, 5) is 24.3. The van der Waals surface area contributed by atoms with Crippen molar-refractivity contribution in [1.82, 2.24) is 9.80 Å². The summed E-state index contributed by atoms with van der Waals surface area (Å²) in [5.74, 6) is -0.321. The number of carbonyl (C=O) groups excluding carboxylic acids is 2. The van der Waals surface area contributed by atoms with Crippen molar-refractivity contribution in [3.63, 3.8) is 0 Å². The van der Waals surface area contributed by atoms with Gasteiger partial charge in [0.15, 0.2) is 4.84 Å². The molecule has 0 spiro atoms. The van der Waals surface area contributed by atoms with Crippen LogP contribution in [0.15, 0.2) is 43.5 Å². The monoisotopic (exact) mass is 439 g/mol. The zero-order chi connectivity index (χ0) is 20.3. The molecule has 0 aliphatic carbocycles. The molecular weight excluding hydrogens is 420 g/mol. The van der Waals surface area contributed by atoms with Crippen LogP contribution in [0.1, 0.15) is 0 Å². The molecule has 1 aromatic carbocycles. The quantitative estimate of drug-likeness (QED) is 0.495. The van der Waals surface area contributed by atoms with Gasteiger partial charge in [0.25, 0.3) is 5.91 Å². The lowest BCUT2D eigenvalue weighted by atomic mass is 10.3. The summed E-state index contributed by atoms with van der Waals surface area (Å²) < 4.78 is 0. The molecule has 0 radical (unpaired) electrons. The smallest absolute Gasteiger partial charge is 0.321 e. The van der Waals surface area contributed by atoms with E-state index in [1.165, 1.54) is 9.80 Å². The Kier molecular flexibility index (Phi) is 12.2. The van der Waals surface area contributed by atoms with Crippen LogP contribution in [0.5, 0.6) is 0 Å². The summed E-state index contributed by atoms with van der Waals surface area (Å²) in [5.41, 5.74) is 0.623. The molecule has 1 rings (SSSR count). The van der Waals surface area contributed by atoms with E-state index in [0.717, 1.165) is 0 Å². The highest BCUT2D eigenvalue weighted by Gasteiger charge is 2.17. The van der Waals surface area contributed by atoms with Gasteiger partial charge in [0.1, 0.15) is 0 Å². The molecule has 0 heterocycles. The van der Waals surface area contributed by atoms with Gasteiger partial charge in [-0.15, -0.1) is 13.2 Å². The third-order valence-corrected chi connectivity index (χ3v) is 3.89. The minimum absolute atomic E-state index is 0.205. The Balaban J connectivity index is 0.000000488. The first-order chi connectivity index (χ1) is 12.1. The van der Waals surface area contributed by atoms with Gasteiger partial charge in [-0.1, -0.05) is 58.6 Å². The van der Waals surface area contributed by atoms with Gasteiger partial charge in [-0.25, -0.2) is 4.79 Å². The molecule has 0 aliphatic rings. The molecule has 1 N–H and O–H groups in total. The van der Waals surface area contributed by atoms with Crippen LogP contribution in [-0.4, -0.2) is 53.8 Å². The van der Waals surface area contributed by atoms with Crippen molar-refractivity contribution in [1.29, 1.82) is 0 Å². The highest BCUT2D eigenvalue weighted by atomic mass is 35.5. The lowest BCUT2D eigenvalue weighted by Crippen LogP contribution is -2.35. The van der Waals surface area contributed by atoms with Gasteiger partial charge in [-0.3, -0.25) is 4.79 Å². The van der Waals surface area contributed by atoms with Crippen LogP contribution < -0.4 is 5.32 Å². The highest BCUT2D eigenvalue weighted by Crippen LogP contribution is 2.24. The third kappa shape index (κ3) is 9.34. The molecule has 0 bridgehead atoms. The van der Waals surface area contributed by atoms with Crippen LogP contribution in [-0.2, 0) is 4.79 Å². The van der Waals surface area contributed by atoms with Crippen molar-refractivity contribution in [2.45, 2.75) is 4.84 Å². The number of hydrogen-bond acceptors (Lipinski definition) is 2. The predicted molar refractivity (Wildman–Crippen MR) is 112 cm³/mol. The van der Waals surface area contributed by atoms with Crippen LogP contribution in [0, 0.1) is 0 Å². The fourth-order valence-corrected chi connectivity index (χ4v) is 2.09. The number of nitrogens with zero attached hydrogens (tertiary/aromatic N) is 2. The van der Waals surface area contributed by atoms with Gasteiger partial charge in [0.2, 0.25) is 0 Å². The summed E-state index contributed by atoms with van der Waals surface area (Å²) in [7, 11) is 3.32. The molecule has 5 nitrogen and oxygen atoms in total. The van der Waals surface area contributed by atoms with Crippen LogP contribution >= 0.6 is 46.4 Å². The molecule has 26 heavy (non-hydrogen) atoms. The molecular formula is C17H21Cl4N3O2. The highest BCUT2D eigenvalue weighted by molar-refractivity contribution is 6.53. The molecule has 9 heteroatoms. The fraction of sp³-hybridized carbons (Fsp3) is 0.294. The Labute approximate surface area is 174 Å². The van der Waals surface area contributed by atoms with E-state index in [0.29, 0.717) is 28.8 Å². The van der Waals surface area contributed by atoms with Gasteiger partial charge < -0.3 is 15.1 Å². The molecule has 0 saturated carbocycles. The Morgan fingerprint density at radius 1 is 1.12 bits per heavy atom. The van der Waals surface area contributed by atoms with E-state index in [-0.39, 0.29) is 11.9 Å². The molecule has 0 unspecified atom stereocenters. The van der Waals surface area contributed by atoms with Crippen LogP contribution in [0.4, 0.5) is 10.5 Å². The maximum atomic E-state index is 11.2. The molecule has 0 saturated heterocycles. The number of hydrogen-bond donors (Lipinski definition) is 1. The first-order valence-electron chi connectivity index (χ1n) is 7.36. The average Bonchev–Trinajstić information content (AvgIpc) is 2.57. The van der Waals surface area contributed by atoms with Crippen molar-refractivity contribution in [2.75, 3.05) is 32.5 Å². The predicted octanol–water partition coefficient (Wildman–Crippen LogP) is 5.08. The zero-order valence-corrected chi connectivity index (χ0v) is 17.5. The minimum Gasteiger partial charge on any atom is -0.333 e. The SMILES string of the molecule is C=CCN(CC=C)C(=O)C(Cl)Cl.CN(C)C(=O)Nc1ccc(Cl)c(Cl)c1. The number of amides is 3. The number of halogens is 4. The second-order valence-electron chi connectivity index (χ2n) is 5.07. The lowest BCUT2D eigenvalue weighted by molar-refractivity contribution is -0.128. The van der Waals surface area contributed by atoms with Crippen LogP contribution in [0.2, 0.25) is 10.0 Å². The van der Waals surface area contributed by atoms with Crippen molar-refractivity contribution >= 4 is 64.0 Å². The van der Waals surface area contributed by atoms with Gasteiger partial charge in [0.05, 0.1) is 10.0 Å². The van der Waals surface area contributed by atoms with Gasteiger partial charge in [-0.05, 0) is 18.2 Å². The summed E-state index contributed by atoms with van der Waals surface area (Å²) in [6.45, 7) is 7.88. The first-order valence-corrected chi connectivity index (χ1v) is 8.99. The fourth-order valence-electron chi connectivity index (χ4n) is 1.51.